The molecule has 0 aromatic heterocycles. The van der Waals surface area contributed by atoms with Crippen molar-refractivity contribution < 1.29 is 28.4 Å². The molecule has 0 amide bonds. The quantitative estimate of drug-likeness (QED) is 0.219. The van der Waals surface area contributed by atoms with Crippen LogP contribution in [0.15, 0.2) is 97.1 Å². The molecule has 0 aliphatic carbocycles. The minimum absolute atomic E-state index is 0.317. The van der Waals surface area contributed by atoms with Gasteiger partial charge in [-0.05, 0) is 41.5 Å². The van der Waals surface area contributed by atoms with E-state index < -0.39 is 0 Å². The second-order valence-electron chi connectivity index (χ2n) is 10.2. The van der Waals surface area contributed by atoms with E-state index in [1.807, 2.05) is 78.9 Å². The van der Waals surface area contributed by atoms with Gasteiger partial charge in [-0.25, -0.2) is 0 Å². The molecule has 0 saturated heterocycles. The lowest BCUT2D eigenvalue weighted by Crippen LogP contribution is -2.08. The van der Waals surface area contributed by atoms with Crippen LogP contribution in [0.5, 0.6) is 34.5 Å². The van der Waals surface area contributed by atoms with Crippen molar-refractivity contribution in [2.45, 2.75) is 26.4 Å². The Balaban J connectivity index is 1.51. The summed E-state index contributed by atoms with van der Waals surface area (Å²) in [5, 5.41) is 0. The van der Waals surface area contributed by atoms with E-state index >= 15 is 0 Å². The number of para-hydroxylation sites is 2. The van der Waals surface area contributed by atoms with Crippen molar-refractivity contribution in [1.29, 1.82) is 0 Å². The molecule has 2 aliphatic heterocycles. The van der Waals surface area contributed by atoms with Crippen LogP contribution in [-0.2, 0) is 26.4 Å². The standard InChI is InChI=1S/C36H30O6/c1-37-35-25-10-4-11-26(35)20-40-30-15-7-17-32-34(30)24-9-3-8-23(18-24)33-29(39-19-25)14-6-16-31(33)41-21-27-12-5-13-28(22-42-32)36(27)38-2/h3-18H,19-22H2,1-2H3. The molecule has 5 aromatic rings. The van der Waals surface area contributed by atoms with Crippen molar-refractivity contribution in [2.75, 3.05) is 14.2 Å². The third kappa shape index (κ3) is 4.65. The van der Waals surface area contributed by atoms with Gasteiger partial charge in [0.05, 0.1) is 25.3 Å². The van der Waals surface area contributed by atoms with Crippen molar-refractivity contribution in [3.63, 3.8) is 0 Å². The van der Waals surface area contributed by atoms with Gasteiger partial charge in [0.2, 0.25) is 0 Å². The minimum atomic E-state index is 0.317. The number of hydrogen-bond donors (Lipinski definition) is 0. The number of fused-ring (bicyclic) bond motifs is 4. The first-order valence-corrected chi connectivity index (χ1v) is 13.9. The van der Waals surface area contributed by atoms with Crippen LogP contribution in [0.2, 0.25) is 0 Å². The fraction of sp³-hybridized carbons (Fsp3) is 0.167. The lowest BCUT2D eigenvalue weighted by atomic mass is 9.96. The van der Waals surface area contributed by atoms with E-state index in [1.165, 1.54) is 0 Å². The van der Waals surface area contributed by atoms with Crippen LogP contribution in [-0.4, -0.2) is 14.2 Å². The Labute approximate surface area is 245 Å². The summed E-state index contributed by atoms with van der Waals surface area (Å²) in [6.07, 6.45) is 0. The van der Waals surface area contributed by atoms with Crippen molar-refractivity contribution in [3.05, 3.63) is 119 Å². The van der Waals surface area contributed by atoms with Crippen molar-refractivity contribution in [2.24, 2.45) is 0 Å². The normalized spacial score (nSPS) is 13.4. The number of ether oxygens (including phenoxy) is 6. The van der Waals surface area contributed by atoms with Gasteiger partial charge in [0.15, 0.2) is 0 Å². The molecule has 0 fully saturated rings. The maximum Gasteiger partial charge on any atom is 0.132 e. The SMILES string of the molecule is COc1c2cccc1COc1cccc3c1-c1cccc(c1)-c1c(cccc1OCc1cccc(c1OC)CO3)OC2. The van der Waals surface area contributed by atoms with Gasteiger partial charge >= 0.3 is 0 Å². The highest BCUT2D eigenvalue weighted by molar-refractivity contribution is 5.84. The molecule has 8 bridgehead atoms. The Kier molecular flexibility index (Phi) is 6.80. The Bertz CT molecular complexity index is 1560. The smallest absolute Gasteiger partial charge is 0.132 e. The van der Waals surface area contributed by atoms with Crippen molar-refractivity contribution in [1.82, 2.24) is 0 Å². The van der Waals surface area contributed by atoms with Crippen LogP contribution >= 0.6 is 0 Å². The van der Waals surface area contributed by atoms with E-state index in [0.29, 0.717) is 49.4 Å². The second-order valence-corrected chi connectivity index (χ2v) is 10.2. The first-order chi connectivity index (χ1) is 20.7. The van der Waals surface area contributed by atoms with E-state index in [9.17, 15) is 0 Å². The van der Waals surface area contributed by atoms with E-state index in [4.69, 9.17) is 28.4 Å². The van der Waals surface area contributed by atoms with Crippen LogP contribution in [0.25, 0.3) is 22.3 Å². The number of rotatable bonds is 2. The molecule has 0 atom stereocenters. The van der Waals surface area contributed by atoms with E-state index in [1.54, 1.807) is 14.2 Å². The van der Waals surface area contributed by atoms with Crippen molar-refractivity contribution >= 4 is 0 Å². The molecule has 42 heavy (non-hydrogen) atoms. The summed E-state index contributed by atoms with van der Waals surface area (Å²) < 4.78 is 37.8. The predicted octanol–water partition coefficient (Wildman–Crippen LogP) is 7.98. The van der Waals surface area contributed by atoms with Gasteiger partial charge in [-0.2, -0.15) is 0 Å². The molecular weight excluding hydrogens is 528 g/mol. The maximum atomic E-state index is 6.52. The van der Waals surface area contributed by atoms with Gasteiger partial charge in [-0.15, -0.1) is 0 Å². The minimum Gasteiger partial charge on any atom is -0.496 e. The van der Waals surface area contributed by atoms with Gasteiger partial charge in [0.1, 0.15) is 60.9 Å². The third-order valence-corrected chi connectivity index (χ3v) is 7.71. The molecule has 2 heterocycles. The highest BCUT2D eigenvalue weighted by Gasteiger charge is 2.22. The summed E-state index contributed by atoms with van der Waals surface area (Å²) in [6.45, 7) is 1.27. The highest BCUT2D eigenvalue weighted by Crippen LogP contribution is 2.45. The summed E-state index contributed by atoms with van der Waals surface area (Å²) in [7, 11) is 3.36. The monoisotopic (exact) mass is 558 g/mol. The van der Waals surface area contributed by atoms with Crippen LogP contribution < -0.4 is 28.4 Å². The molecule has 5 aromatic carbocycles. The summed E-state index contributed by atoms with van der Waals surface area (Å²) in [5.74, 6) is 4.34. The molecule has 6 nitrogen and oxygen atoms in total. The molecule has 0 spiro atoms. The van der Waals surface area contributed by atoms with Crippen LogP contribution in [0.3, 0.4) is 0 Å². The lowest BCUT2D eigenvalue weighted by molar-refractivity contribution is 0.272. The summed E-state index contributed by atoms with van der Waals surface area (Å²) in [6, 6.07) is 32.2. The summed E-state index contributed by atoms with van der Waals surface area (Å²) >= 11 is 0. The fourth-order valence-corrected chi connectivity index (χ4v) is 5.78. The summed E-state index contributed by atoms with van der Waals surface area (Å²) in [5.41, 5.74) is 7.33. The molecule has 0 unspecified atom stereocenters. The maximum absolute atomic E-state index is 6.52. The molecule has 210 valence electrons. The number of benzene rings is 5. The van der Waals surface area contributed by atoms with Crippen LogP contribution in [0.1, 0.15) is 22.3 Å². The molecule has 7 rings (SSSR count). The van der Waals surface area contributed by atoms with Crippen LogP contribution in [0.4, 0.5) is 0 Å². The Morgan fingerprint density at radius 1 is 0.429 bits per heavy atom. The van der Waals surface area contributed by atoms with Gasteiger partial charge in [0, 0.05) is 22.3 Å². The van der Waals surface area contributed by atoms with Gasteiger partial charge in [-0.1, -0.05) is 66.7 Å². The average Bonchev–Trinajstić information content (AvgIpc) is 3.03. The van der Waals surface area contributed by atoms with Gasteiger partial charge in [0.25, 0.3) is 0 Å². The zero-order chi connectivity index (χ0) is 28.5. The van der Waals surface area contributed by atoms with Crippen LogP contribution in [0, 0.1) is 0 Å². The fourth-order valence-electron chi connectivity index (χ4n) is 5.78. The van der Waals surface area contributed by atoms with E-state index in [-0.39, 0.29) is 0 Å². The molecule has 0 saturated carbocycles. The summed E-state index contributed by atoms with van der Waals surface area (Å²) in [4.78, 5) is 0. The second kappa shape index (κ2) is 11.1. The number of hydrogen-bond acceptors (Lipinski definition) is 6. The lowest BCUT2D eigenvalue weighted by Gasteiger charge is -2.22. The molecule has 2 aliphatic rings. The number of methoxy groups -OCH3 is 2. The highest BCUT2D eigenvalue weighted by atomic mass is 16.5. The molecule has 6 heteroatoms. The largest absolute Gasteiger partial charge is 0.496 e. The predicted molar refractivity (Wildman–Crippen MR) is 161 cm³/mol. The topological polar surface area (TPSA) is 55.4 Å². The molecule has 0 N–H and O–H groups in total. The first kappa shape index (κ1) is 25.8. The average molecular weight is 559 g/mol. The first-order valence-electron chi connectivity index (χ1n) is 13.9. The van der Waals surface area contributed by atoms with Gasteiger partial charge < -0.3 is 28.4 Å². The molecular formula is C36H30O6. The third-order valence-electron chi connectivity index (χ3n) is 7.71. The Morgan fingerprint density at radius 3 is 1.07 bits per heavy atom. The van der Waals surface area contributed by atoms with E-state index in [0.717, 1.165) is 56.0 Å². The zero-order valence-electron chi connectivity index (χ0n) is 23.5. The Morgan fingerprint density at radius 2 is 0.738 bits per heavy atom. The van der Waals surface area contributed by atoms with Gasteiger partial charge in [-0.3, -0.25) is 0 Å². The van der Waals surface area contributed by atoms with E-state index in [2.05, 4.69) is 18.2 Å². The van der Waals surface area contributed by atoms with Crippen molar-refractivity contribution in [3.8, 4) is 56.8 Å². The zero-order valence-corrected chi connectivity index (χ0v) is 23.5. The Hall–Kier alpha value is -5.10. The molecule has 0 radical (unpaired) electrons.